The molecule has 156 valence electrons. The number of carbonyl (C=O) groups excluding carboxylic acids is 1. The van der Waals surface area contributed by atoms with Gasteiger partial charge in [0.2, 0.25) is 17.7 Å². The van der Waals surface area contributed by atoms with Crippen LogP contribution in [0.4, 0.5) is 10.2 Å². The summed E-state index contributed by atoms with van der Waals surface area (Å²) in [5.41, 5.74) is 2.32. The van der Waals surface area contributed by atoms with Gasteiger partial charge < -0.3 is 19.4 Å². The number of amides is 1. The molecule has 3 heterocycles. The summed E-state index contributed by atoms with van der Waals surface area (Å²) in [4.78, 5) is 25.5. The standard InChI is InChI=1S/C21H22FN5O3/c1-27-14(17-20(29-2)25-18(10-4-5-10)26-21(17)30-3)6-11-7-16(23-9-15(11)27)24-19(28)12-8-13(12)22/h6-7,9-10,12-13H,4-5,8H2,1-3H3,(H,23,24,28)/t12-,13+/m1/s1. The molecule has 2 saturated carbocycles. The lowest BCUT2D eigenvalue weighted by atomic mass is 10.2. The van der Waals surface area contributed by atoms with Gasteiger partial charge >= 0.3 is 0 Å². The number of nitrogens with zero attached hydrogens (tertiary/aromatic N) is 4. The molecule has 1 N–H and O–H groups in total. The van der Waals surface area contributed by atoms with Crippen molar-refractivity contribution in [1.82, 2.24) is 19.5 Å². The minimum absolute atomic E-state index is 0.278. The van der Waals surface area contributed by atoms with Gasteiger partial charge in [0, 0.05) is 18.4 Å². The molecule has 0 spiro atoms. The van der Waals surface area contributed by atoms with Crippen LogP contribution in [0.2, 0.25) is 0 Å². The number of pyridine rings is 1. The zero-order chi connectivity index (χ0) is 21.0. The van der Waals surface area contributed by atoms with Crippen LogP contribution < -0.4 is 14.8 Å². The number of anilines is 1. The molecule has 2 aliphatic carbocycles. The lowest BCUT2D eigenvalue weighted by Gasteiger charge is -2.14. The molecule has 0 unspecified atom stereocenters. The normalized spacial score (nSPS) is 20.3. The Morgan fingerprint density at radius 3 is 2.43 bits per heavy atom. The van der Waals surface area contributed by atoms with Crippen LogP contribution >= 0.6 is 0 Å². The molecule has 8 nitrogen and oxygen atoms in total. The van der Waals surface area contributed by atoms with Gasteiger partial charge in [0.05, 0.1) is 37.5 Å². The Kier molecular flexibility index (Phi) is 4.34. The molecular weight excluding hydrogens is 389 g/mol. The molecule has 0 aromatic carbocycles. The molecule has 2 fully saturated rings. The first-order chi connectivity index (χ1) is 14.5. The van der Waals surface area contributed by atoms with E-state index in [1.807, 2.05) is 17.7 Å². The van der Waals surface area contributed by atoms with Crippen molar-refractivity contribution in [2.45, 2.75) is 31.4 Å². The Balaban J connectivity index is 1.56. The van der Waals surface area contributed by atoms with Crippen LogP contribution in [0.15, 0.2) is 18.3 Å². The summed E-state index contributed by atoms with van der Waals surface area (Å²) in [7, 11) is 5.06. The van der Waals surface area contributed by atoms with E-state index in [0.717, 1.165) is 35.3 Å². The Labute approximate surface area is 172 Å². The predicted octanol–water partition coefficient (Wildman–Crippen LogP) is 3.22. The van der Waals surface area contributed by atoms with Crippen LogP contribution in [0.3, 0.4) is 0 Å². The van der Waals surface area contributed by atoms with Gasteiger partial charge in [0.1, 0.15) is 23.4 Å². The molecular formula is C21H22FN5O3. The Hall–Kier alpha value is -3.23. The van der Waals surface area contributed by atoms with Crippen molar-refractivity contribution in [1.29, 1.82) is 0 Å². The van der Waals surface area contributed by atoms with Gasteiger partial charge in [-0.25, -0.2) is 9.37 Å². The average Bonchev–Trinajstić information content (AvgIpc) is 3.67. The molecule has 5 rings (SSSR count). The first-order valence-corrected chi connectivity index (χ1v) is 9.90. The van der Waals surface area contributed by atoms with Gasteiger partial charge in [-0.05, 0) is 31.4 Å². The van der Waals surface area contributed by atoms with E-state index in [1.54, 1.807) is 26.5 Å². The first kappa shape index (κ1) is 18.8. The summed E-state index contributed by atoms with van der Waals surface area (Å²) in [6, 6.07) is 3.72. The Bertz CT molecular complexity index is 1130. The number of aromatic nitrogens is 4. The molecule has 1 amide bonds. The largest absolute Gasteiger partial charge is 0.480 e. The fourth-order valence-electron chi connectivity index (χ4n) is 3.67. The van der Waals surface area contributed by atoms with E-state index < -0.39 is 12.1 Å². The lowest BCUT2D eigenvalue weighted by Crippen LogP contribution is -2.15. The second-order valence-corrected chi connectivity index (χ2v) is 7.81. The van der Waals surface area contributed by atoms with Gasteiger partial charge in [0.15, 0.2) is 0 Å². The predicted molar refractivity (Wildman–Crippen MR) is 108 cm³/mol. The van der Waals surface area contributed by atoms with Gasteiger partial charge in [0.25, 0.3) is 0 Å². The third-order valence-corrected chi connectivity index (χ3v) is 5.67. The van der Waals surface area contributed by atoms with E-state index in [1.165, 1.54) is 0 Å². The summed E-state index contributed by atoms with van der Waals surface area (Å²) in [5.74, 6) is 1.51. The second-order valence-electron chi connectivity index (χ2n) is 7.81. The zero-order valence-electron chi connectivity index (χ0n) is 17.0. The number of ether oxygens (including phenoxy) is 2. The number of aryl methyl sites for hydroxylation is 1. The fraction of sp³-hybridized carbons (Fsp3) is 0.429. The summed E-state index contributed by atoms with van der Waals surface area (Å²) in [5, 5.41) is 3.56. The zero-order valence-corrected chi connectivity index (χ0v) is 17.0. The van der Waals surface area contributed by atoms with Crippen LogP contribution in [0.1, 0.15) is 31.0 Å². The quantitative estimate of drug-likeness (QED) is 0.670. The van der Waals surface area contributed by atoms with Gasteiger partial charge in [-0.15, -0.1) is 0 Å². The average molecular weight is 411 g/mol. The Morgan fingerprint density at radius 2 is 1.87 bits per heavy atom. The van der Waals surface area contributed by atoms with Gasteiger partial charge in [-0.1, -0.05) is 0 Å². The van der Waals surface area contributed by atoms with Crippen LogP contribution in [-0.2, 0) is 11.8 Å². The third-order valence-electron chi connectivity index (χ3n) is 5.67. The van der Waals surface area contributed by atoms with Gasteiger partial charge in [-0.2, -0.15) is 9.97 Å². The number of methoxy groups -OCH3 is 2. The highest BCUT2D eigenvalue weighted by atomic mass is 19.1. The van der Waals surface area contributed by atoms with Crippen molar-refractivity contribution < 1.29 is 18.7 Å². The van der Waals surface area contributed by atoms with Gasteiger partial charge in [-0.3, -0.25) is 4.79 Å². The SMILES string of the molecule is COc1nc(C2CC2)nc(OC)c1-c1cc2cc(NC(=O)[C@@H]3C[C@@H]3F)ncc2n1C. The summed E-state index contributed by atoms with van der Waals surface area (Å²) in [6.45, 7) is 0. The lowest BCUT2D eigenvalue weighted by molar-refractivity contribution is -0.117. The van der Waals surface area contributed by atoms with Crippen molar-refractivity contribution in [3.8, 4) is 23.0 Å². The number of halogens is 1. The molecule has 0 saturated heterocycles. The van der Waals surface area contributed by atoms with E-state index in [4.69, 9.17) is 9.47 Å². The van der Waals surface area contributed by atoms with E-state index >= 15 is 0 Å². The van der Waals surface area contributed by atoms with Crippen molar-refractivity contribution in [2.24, 2.45) is 13.0 Å². The van der Waals surface area contributed by atoms with Crippen molar-refractivity contribution >= 4 is 22.6 Å². The Morgan fingerprint density at radius 1 is 1.20 bits per heavy atom. The van der Waals surface area contributed by atoms with Crippen LogP contribution in [0, 0.1) is 5.92 Å². The second kappa shape index (κ2) is 6.93. The van der Waals surface area contributed by atoms with Crippen LogP contribution in [-0.4, -0.2) is 45.8 Å². The first-order valence-electron chi connectivity index (χ1n) is 9.90. The molecule has 3 aromatic rings. The minimum Gasteiger partial charge on any atom is -0.480 e. The van der Waals surface area contributed by atoms with E-state index in [-0.39, 0.29) is 12.3 Å². The number of fused-ring (bicyclic) bond motifs is 1. The van der Waals surface area contributed by atoms with Crippen LogP contribution in [0.5, 0.6) is 11.8 Å². The molecule has 0 radical (unpaired) electrons. The van der Waals surface area contributed by atoms with Crippen molar-refractivity contribution in [3.05, 3.63) is 24.2 Å². The van der Waals surface area contributed by atoms with Crippen molar-refractivity contribution in [2.75, 3.05) is 19.5 Å². The molecule has 2 atom stereocenters. The smallest absolute Gasteiger partial charge is 0.231 e. The summed E-state index contributed by atoms with van der Waals surface area (Å²) >= 11 is 0. The number of hydrogen-bond acceptors (Lipinski definition) is 6. The number of rotatable bonds is 6. The van der Waals surface area contributed by atoms with E-state index in [9.17, 15) is 9.18 Å². The molecule has 2 aliphatic rings. The fourth-order valence-corrected chi connectivity index (χ4v) is 3.67. The molecule has 9 heteroatoms. The highest BCUT2D eigenvalue weighted by molar-refractivity contribution is 5.96. The number of hydrogen-bond donors (Lipinski definition) is 1. The molecule has 3 aromatic heterocycles. The molecule has 0 aliphatic heterocycles. The highest BCUT2D eigenvalue weighted by Gasteiger charge is 2.43. The topological polar surface area (TPSA) is 91.2 Å². The van der Waals surface area contributed by atoms with E-state index in [2.05, 4.69) is 20.3 Å². The molecule has 30 heavy (non-hydrogen) atoms. The van der Waals surface area contributed by atoms with Crippen molar-refractivity contribution in [3.63, 3.8) is 0 Å². The third kappa shape index (κ3) is 3.14. The summed E-state index contributed by atoms with van der Waals surface area (Å²) < 4.78 is 26.2. The maximum atomic E-state index is 13.1. The van der Waals surface area contributed by atoms with Crippen LogP contribution in [0.25, 0.3) is 22.2 Å². The monoisotopic (exact) mass is 411 g/mol. The number of alkyl halides is 1. The summed E-state index contributed by atoms with van der Waals surface area (Å²) in [6.07, 6.45) is 3.05. The minimum atomic E-state index is -1.05. The highest BCUT2D eigenvalue weighted by Crippen LogP contribution is 2.44. The number of carbonyl (C=O) groups is 1. The molecule has 0 bridgehead atoms. The maximum Gasteiger partial charge on any atom is 0.231 e. The maximum absolute atomic E-state index is 13.1. The number of nitrogens with one attached hydrogen (secondary N) is 1. The van der Waals surface area contributed by atoms with E-state index in [0.29, 0.717) is 29.1 Å².